The molecule has 0 spiro atoms. The summed E-state index contributed by atoms with van der Waals surface area (Å²) in [5, 5.41) is 2.90. The van der Waals surface area contributed by atoms with Crippen LogP contribution in [0.1, 0.15) is 36.6 Å². The van der Waals surface area contributed by atoms with Gasteiger partial charge in [0.1, 0.15) is 0 Å². The summed E-state index contributed by atoms with van der Waals surface area (Å²) < 4.78 is 0. The molecular weight excluding hydrogens is 236 g/mol. The van der Waals surface area contributed by atoms with E-state index in [1.165, 1.54) is 11.1 Å². The van der Waals surface area contributed by atoms with Crippen LogP contribution < -0.4 is 11.1 Å². The van der Waals surface area contributed by atoms with Gasteiger partial charge in [-0.3, -0.25) is 4.79 Å². The van der Waals surface area contributed by atoms with Crippen LogP contribution in [0.4, 0.5) is 0 Å². The normalized spacial score (nSPS) is 13.5. The third-order valence-corrected chi connectivity index (χ3v) is 2.89. The highest BCUT2D eigenvalue weighted by molar-refractivity contribution is 5.85. The van der Waals surface area contributed by atoms with E-state index in [-0.39, 0.29) is 24.4 Å². The standard InChI is InChI=1S/C13H20N2O.ClH/c1-8-6-5-7-12(9(8)2)11(4)15-13(16)10(3)14;/h5-7,10-11H,14H2,1-4H3,(H,15,16);1H/t10-,11?;/m1./s1. The molecule has 1 aromatic rings. The van der Waals surface area contributed by atoms with Crippen molar-refractivity contribution in [1.29, 1.82) is 0 Å². The van der Waals surface area contributed by atoms with Gasteiger partial charge in [0.2, 0.25) is 5.91 Å². The van der Waals surface area contributed by atoms with Crippen molar-refractivity contribution in [1.82, 2.24) is 5.32 Å². The Morgan fingerprint density at radius 1 is 1.29 bits per heavy atom. The Labute approximate surface area is 109 Å². The zero-order valence-corrected chi connectivity index (χ0v) is 11.6. The number of hydrogen-bond donors (Lipinski definition) is 2. The van der Waals surface area contributed by atoms with Gasteiger partial charge in [-0.1, -0.05) is 18.2 Å². The van der Waals surface area contributed by atoms with Crippen molar-refractivity contribution in [3.8, 4) is 0 Å². The van der Waals surface area contributed by atoms with Gasteiger partial charge in [0.05, 0.1) is 12.1 Å². The molecule has 2 atom stereocenters. The van der Waals surface area contributed by atoms with Gasteiger partial charge in [0.15, 0.2) is 0 Å². The lowest BCUT2D eigenvalue weighted by Gasteiger charge is -2.19. The second-order valence-electron chi connectivity index (χ2n) is 4.31. The van der Waals surface area contributed by atoms with Crippen molar-refractivity contribution >= 4 is 18.3 Å². The average Bonchev–Trinajstić information content (AvgIpc) is 2.21. The summed E-state index contributed by atoms with van der Waals surface area (Å²) in [6, 6.07) is 5.64. The van der Waals surface area contributed by atoms with E-state index >= 15 is 0 Å². The van der Waals surface area contributed by atoms with Crippen LogP contribution in [0, 0.1) is 13.8 Å². The van der Waals surface area contributed by atoms with E-state index in [0.717, 1.165) is 5.56 Å². The van der Waals surface area contributed by atoms with E-state index < -0.39 is 6.04 Å². The Morgan fingerprint density at radius 2 is 1.88 bits per heavy atom. The molecule has 96 valence electrons. The first kappa shape index (κ1) is 15.9. The van der Waals surface area contributed by atoms with Crippen molar-refractivity contribution < 1.29 is 4.79 Å². The number of nitrogens with one attached hydrogen (secondary N) is 1. The lowest BCUT2D eigenvalue weighted by Crippen LogP contribution is -2.39. The van der Waals surface area contributed by atoms with E-state index in [0.29, 0.717) is 0 Å². The molecule has 1 unspecified atom stereocenters. The van der Waals surface area contributed by atoms with Crippen molar-refractivity contribution in [2.45, 2.75) is 39.8 Å². The lowest BCUT2D eigenvalue weighted by atomic mass is 9.98. The number of carbonyl (C=O) groups excluding carboxylic acids is 1. The number of amides is 1. The molecule has 0 aliphatic heterocycles. The van der Waals surface area contributed by atoms with Crippen molar-refractivity contribution in [2.75, 3.05) is 0 Å². The van der Waals surface area contributed by atoms with Gasteiger partial charge in [0, 0.05) is 0 Å². The molecule has 0 aliphatic rings. The van der Waals surface area contributed by atoms with Crippen LogP contribution in [0.15, 0.2) is 18.2 Å². The number of hydrogen-bond acceptors (Lipinski definition) is 2. The van der Waals surface area contributed by atoms with Gasteiger partial charge in [0.25, 0.3) is 0 Å². The quantitative estimate of drug-likeness (QED) is 0.872. The van der Waals surface area contributed by atoms with E-state index in [4.69, 9.17) is 5.73 Å². The minimum atomic E-state index is -0.465. The van der Waals surface area contributed by atoms with Crippen LogP contribution in [-0.4, -0.2) is 11.9 Å². The van der Waals surface area contributed by atoms with E-state index in [9.17, 15) is 4.79 Å². The highest BCUT2D eigenvalue weighted by atomic mass is 35.5. The molecule has 1 aromatic carbocycles. The number of halogens is 1. The third-order valence-electron chi connectivity index (χ3n) is 2.89. The summed E-state index contributed by atoms with van der Waals surface area (Å²) in [7, 11) is 0. The third kappa shape index (κ3) is 4.02. The average molecular weight is 257 g/mol. The zero-order chi connectivity index (χ0) is 12.3. The summed E-state index contributed by atoms with van der Waals surface area (Å²) in [4.78, 5) is 11.5. The molecular formula is C13H21ClN2O. The highest BCUT2D eigenvalue weighted by Crippen LogP contribution is 2.19. The molecule has 0 aromatic heterocycles. The fourth-order valence-electron chi connectivity index (χ4n) is 1.67. The monoisotopic (exact) mass is 256 g/mol. The van der Waals surface area contributed by atoms with Crippen LogP contribution >= 0.6 is 12.4 Å². The molecule has 17 heavy (non-hydrogen) atoms. The van der Waals surface area contributed by atoms with Gasteiger partial charge in [-0.05, 0) is 44.4 Å². The van der Waals surface area contributed by atoms with E-state index in [1.54, 1.807) is 6.92 Å². The largest absolute Gasteiger partial charge is 0.348 e. The molecule has 0 bridgehead atoms. The van der Waals surface area contributed by atoms with Crippen molar-refractivity contribution in [2.24, 2.45) is 5.73 Å². The number of rotatable bonds is 3. The Balaban J connectivity index is 0.00000256. The summed E-state index contributed by atoms with van der Waals surface area (Å²) in [6.07, 6.45) is 0. The predicted molar refractivity (Wildman–Crippen MR) is 73.4 cm³/mol. The van der Waals surface area contributed by atoms with Crippen LogP contribution in [0.2, 0.25) is 0 Å². The summed E-state index contributed by atoms with van der Waals surface area (Å²) in [5.41, 5.74) is 9.12. The Kier molecular flexibility index (Phi) is 6.21. The highest BCUT2D eigenvalue weighted by Gasteiger charge is 2.14. The van der Waals surface area contributed by atoms with Crippen LogP contribution in [0.25, 0.3) is 0 Å². The number of carbonyl (C=O) groups is 1. The number of aryl methyl sites for hydroxylation is 1. The Morgan fingerprint density at radius 3 is 2.41 bits per heavy atom. The molecule has 0 radical (unpaired) electrons. The molecule has 4 heteroatoms. The van der Waals surface area contributed by atoms with Gasteiger partial charge in [-0.25, -0.2) is 0 Å². The van der Waals surface area contributed by atoms with Gasteiger partial charge >= 0.3 is 0 Å². The molecule has 3 nitrogen and oxygen atoms in total. The molecule has 0 aliphatic carbocycles. The molecule has 1 rings (SSSR count). The molecule has 0 saturated carbocycles. The molecule has 3 N–H and O–H groups in total. The van der Waals surface area contributed by atoms with Crippen LogP contribution in [-0.2, 0) is 4.79 Å². The molecule has 0 heterocycles. The summed E-state index contributed by atoms with van der Waals surface area (Å²) >= 11 is 0. The maximum Gasteiger partial charge on any atom is 0.237 e. The SMILES string of the molecule is Cc1cccc(C(C)NC(=O)[C@@H](C)N)c1C.Cl. The Bertz CT molecular complexity index is 391. The zero-order valence-electron chi connectivity index (χ0n) is 10.8. The fraction of sp³-hybridized carbons (Fsp3) is 0.462. The van der Waals surface area contributed by atoms with E-state index in [2.05, 4.69) is 25.2 Å². The number of nitrogens with two attached hydrogens (primary N) is 1. The smallest absolute Gasteiger partial charge is 0.237 e. The first-order chi connectivity index (χ1) is 7.43. The fourth-order valence-corrected chi connectivity index (χ4v) is 1.67. The van der Waals surface area contributed by atoms with Crippen LogP contribution in [0.5, 0.6) is 0 Å². The second-order valence-corrected chi connectivity index (χ2v) is 4.31. The maximum atomic E-state index is 11.5. The molecule has 1 amide bonds. The summed E-state index contributed by atoms with van der Waals surface area (Å²) in [6.45, 7) is 7.80. The molecule has 0 fully saturated rings. The van der Waals surface area contributed by atoms with Crippen molar-refractivity contribution in [3.05, 3.63) is 34.9 Å². The van der Waals surface area contributed by atoms with Crippen LogP contribution in [0.3, 0.4) is 0 Å². The lowest BCUT2D eigenvalue weighted by molar-refractivity contribution is -0.122. The summed E-state index contributed by atoms with van der Waals surface area (Å²) in [5.74, 6) is -0.117. The first-order valence-corrected chi connectivity index (χ1v) is 5.55. The number of benzene rings is 1. The second kappa shape index (κ2) is 6.62. The van der Waals surface area contributed by atoms with E-state index in [1.807, 2.05) is 19.1 Å². The topological polar surface area (TPSA) is 55.1 Å². The minimum absolute atomic E-state index is 0. The minimum Gasteiger partial charge on any atom is -0.348 e. The van der Waals surface area contributed by atoms with Gasteiger partial charge < -0.3 is 11.1 Å². The Hall–Kier alpha value is -1.06. The molecule has 0 saturated heterocycles. The van der Waals surface area contributed by atoms with Crippen molar-refractivity contribution in [3.63, 3.8) is 0 Å². The maximum absolute atomic E-state index is 11.5. The van der Waals surface area contributed by atoms with Gasteiger partial charge in [-0.15, -0.1) is 12.4 Å². The predicted octanol–water partition coefficient (Wildman–Crippen LogP) is 2.25. The first-order valence-electron chi connectivity index (χ1n) is 5.55. The van der Waals surface area contributed by atoms with Gasteiger partial charge in [-0.2, -0.15) is 0 Å².